The Labute approximate surface area is 117 Å². The van der Waals surface area contributed by atoms with E-state index >= 15 is 0 Å². The van der Waals surface area contributed by atoms with Crippen LogP contribution in [0.4, 0.5) is 5.82 Å². The van der Waals surface area contributed by atoms with Crippen molar-refractivity contribution < 1.29 is 0 Å². The van der Waals surface area contributed by atoms with Gasteiger partial charge < -0.3 is 10.2 Å². The highest BCUT2D eigenvalue weighted by Gasteiger charge is 2.25. The van der Waals surface area contributed by atoms with Gasteiger partial charge in [-0.1, -0.05) is 20.8 Å². The highest BCUT2D eigenvalue weighted by molar-refractivity contribution is 5.44. The maximum Gasteiger partial charge on any atom is 0.129 e. The van der Waals surface area contributed by atoms with Crippen LogP contribution < -0.4 is 10.2 Å². The largest absolute Gasteiger partial charge is 0.356 e. The Bertz CT molecular complexity index is 414. The fourth-order valence-electron chi connectivity index (χ4n) is 2.82. The predicted molar refractivity (Wildman–Crippen MR) is 81.5 cm³/mol. The minimum atomic E-state index is 0.774. The molecule has 0 spiro atoms. The van der Waals surface area contributed by atoms with Gasteiger partial charge in [0.15, 0.2) is 0 Å². The van der Waals surface area contributed by atoms with Crippen LogP contribution in [0.3, 0.4) is 0 Å². The smallest absolute Gasteiger partial charge is 0.129 e. The third kappa shape index (κ3) is 3.47. The molecular weight excluding hydrogens is 234 g/mol. The molecule has 1 aromatic rings. The maximum absolute atomic E-state index is 4.81. The second-order valence-corrected chi connectivity index (χ2v) is 5.95. The molecule has 0 amide bonds. The average molecular weight is 261 g/mol. The van der Waals surface area contributed by atoms with Gasteiger partial charge in [0.2, 0.25) is 0 Å². The summed E-state index contributed by atoms with van der Waals surface area (Å²) in [6, 6.07) is 4.47. The van der Waals surface area contributed by atoms with Crippen LogP contribution in [-0.2, 0) is 13.0 Å². The number of aromatic nitrogens is 1. The summed E-state index contributed by atoms with van der Waals surface area (Å²) >= 11 is 0. The SMILES string of the molecule is CCc1cc(CNC)cc(N2CCC(C(C)C)C2)n1. The molecule has 0 aliphatic carbocycles. The van der Waals surface area contributed by atoms with Crippen LogP contribution in [0.5, 0.6) is 0 Å². The second-order valence-electron chi connectivity index (χ2n) is 5.95. The molecule has 0 bridgehead atoms. The van der Waals surface area contributed by atoms with Crippen molar-refractivity contribution >= 4 is 5.82 Å². The standard InChI is InChI=1S/C16H27N3/c1-5-15-8-13(10-17-4)9-16(18-15)19-7-6-14(11-19)12(2)3/h8-9,12,14,17H,5-7,10-11H2,1-4H3. The molecule has 106 valence electrons. The third-order valence-corrected chi connectivity index (χ3v) is 4.16. The minimum absolute atomic E-state index is 0.774. The third-order valence-electron chi connectivity index (χ3n) is 4.16. The Hall–Kier alpha value is -1.09. The van der Waals surface area contributed by atoms with E-state index in [1.165, 1.54) is 23.5 Å². The number of nitrogens with one attached hydrogen (secondary N) is 1. The van der Waals surface area contributed by atoms with Crippen LogP contribution in [0.25, 0.3) is 0 Å². The van der Waals surface area contributed by atoms with Gasteiger partial charge >= 0.3 is 0 Å². The van der Waals surface area contributed by atoms with E-state index in [9.17, 15) is 0 Å². The molecule has 1 saturated heterocycles. The summed E-state index contributed by atoms with van der Waals surface area (Å²) in [5.41, 5.74) is 2.55. The number of rotatable bonds is 5. The minimum Gasteiger partial charge on any atom is -0.356 e. The second kappa shape index (κ2) is 6.38. The Morgan fingerprint density at radius 2 is 2.21 bits per heavy atom. The Balaban J connectivity index is 2.17. The number of hydrogen-bond donors (Lipinski definition) is 1. The van der Waals surface area contributed by atoms with Gasteiger partial charge in [-0.2, -0.15) is 0 Å². The van der Waals surface area contributed by atoms with Gasteiger partial charge in [0.1, 0.15) is 5.82 Å². The summed E-state index contributed by atoms with van der Waals surface area (Å²) < 4.78 is 0. The maximum atomic E-state index is 4.81. The van der Waals surface area contributed by atoms with Crippen molar-refractivity contribution in [3.8, 4) is 0 Å². The van der Waals surface area contributed by atoms with Gasteiger partial charge in [-0.3, -0.25) is 0 Å². The lowest BCUT2D eigenvalue weighted by molar-refractivity contribution is 0.422. The van der Waals surface area contributed by atoms with Gasteiger partial charge in [-0.25, -0.2) is 4.98 Å². The summed E-state index contributed by atoms with van der Waals surface area (Å²) in [6.45, 7) is 10.1. The Kier molecular flexibility index (Phi) is 4.81. The zero-order valence-corrected chi connectivity index (χ0v) is 12.7. The predicted octanol–water partition coefficient (Wildman–Crippen LogP) is 2.85. The molecular formula is C16H27N3. The highest BCUT2D eigenvalue weighted by Crippen LogP contribution is 2.28. The summed E-state index contributed by atoms with van der Waals surface area (Å²) in [6.07, 6.45) is 2.31. The fraction of sp³-hybridized carbons (Fsp3) is 0.688. The van der Waals surface area contributed by atoms with Crippen molar-refractivity contribution in [2.75, 3.05) is 25.0 Å². The molecule has 19 heavy (non-hydrogen) atoms. The number of nitrogens with zero attached hydrogens (tertiary/aromatic N) is 2. The molecule has 0 saturated carbocycles. The zero-order valence-electron chi connectivity index (χ0n) is 12.7. The van der Waals surface area contributed by atoms with Crippen molar-refractivity contribution in [1.29, 1.82) is 0 Å². The first-order chi connectivity index (χ1) is 9.13. The van der Waals surface area contributed by atoms with E-state index in [-0.39, 0.29) is 0 Å². The highest BCUT2D eigenvalue weighted by atomic mass is 15.2. The van der Waals surface area contributed by atoms with Crippen molar-refractivity contribution in [3.63, 3.8) is 0 Å². The first-order valence-corrected chi connectivity index (χ1v) is 7.53. The number of pyridine rings is 1. The molecule has 1 atom stereocenters. The van der Waals surface area contributed by atoms with E-state index in [0.717, 1.165) is 37.9 Å². The van der Waals surface area contributed by atoms with Crippen LogP contribution in [-0.4, -0.2) is 25.1 Å². The van der Waals surface area contributed by atoms with E-state index in [2.05, 4.69) is 43.1 Å². The van der Waals surface area contributed by atoms with Crippen molar-refractivity contribution in [3.05, 3.63) is 23.4 Å². The number of anilines is 1. The number of hydrogen-bond acceptors (Lipinski definition) is 3. The van der Waals surface area contributed by atoms with Crippen molar-refractivity contribution in [1.82, 2.24) is 10.3 Å². The van der Waals surface area contributed by atoms with Gasteiger partial charge in [0.25, 0.3) is 0 Å². The van der Waals surface area contributed by atoms with Crippen LogP contribution >= 0.6 is 0 Å². The van der Waals surface area contributed by atoms with Gasteiger partial charge in [0.05, 0.1) is 0 Å². The molecule has 1 fully saturated rings. The summed E-state index contributed by atoms with van der Waals surface area (Å²) in [5, 5.41) is 3.23. The van der Waals surface area contributed by atoms with Gasteiger partial charge in [-0.15, -0.1) is 0 Å². The first-order valence-electron chi connectivity index (χ1n) is 7.53. The lowest BCUT2D eigenvalue weighted by atomic mass is 9.95. The molecule has 0 radical (unpaired) electrons. The lowest BCUT2D eigenvalue weighted by Gasteiger charge is -2.20. The molecule has 1 N–H and O–H groups in total. The van der Waals surface area contributed by atoms with Crippen molar-refractivity contribution in [2.45, 2.75) is 40.2 Å². The molecule has 1 aromatic heterocycles. The van der Waals surface area contributed by atoms with Crippen LogP contribution in [0.15, 0.2) is 12.1 Å². The topological polar surface area (TPSA) is 28.2 Å². The average Bonchev–Trinajstić information content (AvgIpc) is 2.88. The van der Waals surface area contributed by atoms with E-state index in [4.69, 9.17) is 4.98 Å². The fourth-order valence-corrected chi connectivity index (χ4v) is 2.82. The molecule has 1 aliphatic heterocycles. The molecule has 0 aromatic carbocycles. The molecule has 1 unspecified atom stereocenters. The number of aryl methyl sites for hydroxylation is 1. The van der Waals surface area contributed by atoms with Crippen LogP contribution in [0.1, 0.15) is 38.4 Å². The molecule has 1 aliphatic rings. The van der Waals surface area contributed by atoms with Crippen LogP contribution in [0.2, 0.25) is 0 Å². The van der Waals surface area contributed by atoms with Gasteiger partial charge in [0, 0.05) is 25.3 Å². The Morgan fingerprint density at radius 1 is 1.42 bits per heavy atom. The lowest BCUT2D eigenvalue weighted by Crippen LogP contribution is -2.23. The normalized spacial score (nSPS) is 19.4. The molecule has 3 nitrogen and oxygen atoms in total. The molecule has 2 rings (SSSR count). The monoisotopic (exact) mass is 261 g/mol. The van der Waals surface area contributed by atoms with Crippen molar-refractivity contribution in [2.24, 2.45) is 11.8 Å². The van der Waals surface area contributed by atoms with Crippen LogP contribution in [0, 0.1) is 11.8 Å². The summed E-state index contributed by atoms with van der Waals surface area (Å²) in [7, 11) is 2.00. The summed E-state index contributed by atoms with van der Waals surface area (Å²) in [5.74, 6) is 2.77. The first kappa shape index (κ1) is 14.3. The van der Waals surface area contributed by atoms with E-state index in [0.29, 0.717) is 0 Å². The van der Waals surface area contributed by atoms with E-state index in [1.54, 1.807) is 0 Å². The molecule has 3 heteroatoms. The molecule has 2 heterocycles. The summed E-state index contributed by atoms with van der Waals surface area (Å²) in [4.78, 5) is 7.27. The quantitative estimate of drug-likeness (QED) is 0.883. The van der Waals surface area contributed by atoms with Gasteiger partial charge in [-0.05, 0) is 49.4 Å². The van der Waals surface area contributed by atoms with E-state index < -0.39 is 0 Å². The zero-order chi connectivity index (χ0) is 13.8. The van der Waals surface area contributed by atoms with E-state index in [1.807, 2.05) is 7.05 Å². The Morgan fingerprint density at radius 3 is 2.79 bits per heavy atom.